The van der Waals surface area contributed by atoms with Crippen LogP contribution in [-0.2, 0) is 11.3 Å². The summed E-state index contributed by atoms with van der Waals surface area (Å²) in [6.07, 6.45) is 0. The first-order valence-corrected chi connectivity index (χ1v) is 6.05. The van der Waals surface area contributed by atoms with Gasteiger partial charge in [0.15, 0.2) is 11.5 Å². The SMILES string of the molecule is COCc1c(OC)cc(-c2cc(C(=O)O)no2)cc1OC. The predicted molar refractivity (Wildman–Crippen MR) is 72.7 cm³/mol. The average molecular weight is 293 g/mol. The fourth-order valence-corrected chi connectivity index (χ4v) is 1.92. The molecule has 0 saturated heterocycles. The minimum Gasteiger partial charge on any atom is -0.496 e. The number of carboxylic acids is 1. The molecule has 0 aliphatic carbocycles. The van der Waals surface area contributed by atoms with Gasteiger partial charge in [0, 0.05) is 18.7 Å². The average Bonchev–Trinajstić information content (AvgIpc) is 2.97. The summed E-state index contributed by atoms with van der Waals surface area (Å²) in [4.78, 5) is 10.8. The van der Waals surface area contributed by atoms with Crippen LogP contribution in [0.2, 0.25) is 0 Å². The van der Waals surface area contributed by atoms with Gasteiger partial charge in [-0.1, -0.05) is 5.16 Å². The standard InChI is InChI=1S/C14H15NO6/c1-18-7-9-12(19-2)4-8(5-13(9)20-3)11-6-10(14(16)17)15-21-11/h4-6H,7H2,1-3H3,(H,16,17). The Bertz CT molecular complexity index is 624. The molecule has 7 nitrogen and oxygen atoms in total. The molecule has 1 N–H and O–H groups in total. The highest BCUT2D eigenvalue weighted by atomic mass is 16.5. The van der Waals surface area contributed by atoms with E-state index in [1.165, 1.54) is 20.3 Å². The van der Waals surface area contributed by atoms with Crippen molar-refractivity contribution in [1.29, 1.82) is 0 Å². The Morgan fingerprint density at radius 2 is 1.81 bits per heavy atom. The van der Waals surface area contributed by atoms with E-state index in [-0.39, 0.29) is 5.69 Å². The zero-order valence-corrected chi connectivity index (χ0v) is 11.9. The number of hydrogen-bond acceptors (Lipinski definition) is 6. The number of aromatic carboxylic acids is 1. The first-order valence-electron chi connectivity index (χ1n) is 6.05. The van der Waals surface area contributed by atoms with Crippen molar-refractivity contribution in [3.05, 3.63) is 29.5 Å². The fraction of sp³-hybridized carbons (Fsp3) is 0.286. The minimum absolute atomic E-state index is 0.163. The smallest absolute Gasteiger partial charge is 0.358 e. The lowest BCUT2D eigenvalue weighted by Crippen LogP contribution is -1.99. The number of methoxy groups -OCH3 is 3. The van der Waals surface area contributed by atoms with Gasteiger partial charge < -0.3 is 23.8 Å². The lowest BCUT2D eigenvalue weighted by atomic mass is 10.1. The van der Waals surface area contributed by atoms with Crippen molar-refractivity contribution in [3.8, 4) is 22.8 Å². The van der Waals surface area contributed by atoms with E-state index in [2.05, 4.69) is 5.16 Å². The highest BCUT2D eigenvalue weighted by Crippen LogP contribution is 2.35. The van der Waals surface area contributed by atoms with Gasteiger partial charge in [-0.25, -0.2) is 4.79 Å². The van der Waals surface area contributed by atoms with Crippen LogP contribution in [-0.4, -0.2) is 37.6 Å². The number of nitrogens with zero attached hydrogens (tertiary/aromatic N) is 1. The molecule has 1 aromatic heterocycles. The van der Waals surface area contributed by atoms with Crippen molar-refractivity contribution in [2.45, 2.75) is 6.61 Å². The van der Waals surface area contributed by atoms with Crippen molar-refractivity contribution >= 4 is 5.97 Å². The van der Waals surface area contributed by atoms with E-state index in [1.54, 1.807) is 19.2 Å². The van der Waals surface area contributed by atoms with E-state index in [1.807, 2.05) is 0 Å². The molecule has 0 unspecified atom stereocenters. The van der Waals surface area contributed by atoms with Gasteiger partial charge in [0.1, 0.15) is 11.5 Å². The van der Waals surface area contributed by atoms with Crippen LogP contribution in [0.3, 0.4) is 0 Å². The third-order valence-corrected chi connectivity index (χ3v) is 2.91. The number of carboxylic acid groups (broad SMARTS) is 1. The molecule has 2 aromatic rings. The van der Waals surface area contributed by atoms with E-state index in [0.717, 1.165) is 5.56 Å². The van der Waals surface area contributed by atoms with Crippen LogP contribution in [0.15, 0.2) is 22.7 Å². The summed E-state index contributed by atoms with van der Waals surface area (Å²) in [5.74, 6) is 0.270. The molecule has 2 rings (SSSR count). The lowest BCUT2D eigenvalue weighted by Gasteiger charge is -2.13. The Labute approximate surface area is 121 Å². The van der Waals surface area contributed by atoms with E-state index in [4.69, 9.17) is 23.8 Å². The summed E-state index contributed by atoms with van der Waals surface area (Å²) in [5.41, 5.74) is 1.19. The fourth-order valence-electron chi connectivity index (χ4n) is 1.92. The molecule has 0 aliphatic rings. The Morgan fingerprint density at radius 1 is 1.19 bits per heavy atom. The van der Waals surface area contributed by atoms with Crippen LogP contribution in [0.25, 0.3) is 11.3 Å². The van der Waals surface area contributed by atoms with E-state index < -0.39 is 5.97 Å². The number of carbonyl (C=O) groups is 1. The van der Waals surface area contributed by atoms with Crippen molar-refractivity contribution in [2.75, 3.05) is 21.3 Å². The molecule has 0 atom stereocenters. The maximum Gasteiger partial charge on any atom is 0.358 e. The maximum absolute atomic E-state index is 10.8. The van der Waals surface area contributed by atoms with Crippen LogP contribution in [0.5, 0.6) is 11.5 Å². The second kappa shape index (κ2) is 6.27. The van der Waals surface area contributed by atoms with Gasteiger partial charge >= 0.3 is 5.97 Å². The molecule has 1 heterocycles. The molecule has 0 saturated carbocycles. The third-order valence-electron chi connectivity index (χ3n) is 2.91. The van der Waals surface area contributed by atoms with Crippen molar-refractivity contribution < 1.29 is 28.6 Å². The molecule has 0 amide bonds. The van der Waals surface area contributed by atoms with Crippen LogP contribution < -0.4 is 9.47 Å². The molecule has 1 aromatic carbocycles. The monoisotopic (exact) mass is 293 g/mol. The molecule has 0 aliphatic heterocycles. The highest BCUT2D eigenvalue weighted by Gasteiger charge is 2.17. The second-order valence-corrected chi connectivity index (χ2v) is 4.17. The molecule has 7 heteroatoms. The summed E-state index contributed by atoms with van der Waals surface area (Å²) in [7, 11) is 4.63. The first-order chi connectivity index (χ1) is 10.1. The number of aromatic nitrogens is 1. The van der Waals surface area contributed by atoms with Crippen LogP contribution in [0.4, 0.5) is 0 Å². The summed E-state index contributed by atoms with van der Waals surface area (Å²) >= 11 is 0. The zero-order chi connectivity index (χ0) is 15.4. The van der Waals surface area contributed by atoms with Gasteiger partial charge in [0.2, 0.25) is 0 Å². The van der Waals surface area contributed by atoms with Crippen LogP contribution in [0.1, 0.15) is 16.1 Å². The largest absolute Gasteiger partial charge is 0.496 e. The third kappa shape index (κ3) is 2.97. The summed E-state index contributed by atoms with van der Waals surface area (Å²) in [6.45, 7) is 0.323. The number of hydrogen-bond donors (Lipinski definition) is 1. The van der Waals surface area contributed by atoms with Gasteiger partial charge in [-0.05, 0) is 12.1 Å². The van der Waals surface area contributed by atoms with Gasteiger partial charge in [-0.2, -0.15) is 0 Å². The Hall–Kier alpha value is -2.54. The predicted octanol–water partition coefficient (Wildman–Crippen LogP) is 2.20. The first kappa shape index (κ1) is 14.9. The number of ether oxygens (including phenoxy) is 3. The Morgan fingerprint density at radius 3 is 2.24 bits per heavy atom. The number of rotatable bonds is 6. The molecule has 112 valence electrons. The van der Waals surface area contributed by atoms with Crippen molar-refractivity contribution in [2.24, 2.45) is 0 Å². The van der Waals surface area contributed by atoms with E-state index >= 15 is 0 Å². The van der Waals surface area contributed by atoms with Gasteiger partial charge in [0.25, 0.3) is 0 Å². The maximum atomic E-state index is 10.8. The summed E-state index contributed by atoms with van der Waals surface area (Å²) < 4.78 is 20.8. The van der Waals surface area contributed by atoms with Crippen LogP contribution in [0, 0.1) is 0 Å². The highest BCUT2D eigenvalue weighted by molar-refractivity contribution is 5.86. The number of benzene rings is 1. The quantitative estimate of drug-likeness (QED) is 0.872. The Kier molecular flexibility index (Phi) is 4.44. The molecular formula is C14H15NO6. The summed E-state index contributed by atoms with van der Waals surface area (Å²) in [5, 5.41) is 12.4. The van der Waals surface area contributed by atoms with E-state index in [0.29, 0.717) is 29.4 Å². The molecule has 0 radical (unpaired) electrons. The zero-order valence-electron chi connectivity index (χ0n) is 11.9. The molecule has 0 bridgehead atoms. The van der Waals surface area contributed by atoms with E-state index in [9.17, 15) is 4.79 Å². The summed E-state index contributed by atoms with van der Waals surface area (Å²) in [6, 6.07) is 4.76. The van der Waals surface area contributed by atoms with Crippen molar-refractivity contribution in [1.82, 2.24) is 5.16 Å². The Balaban J connectivity index is 2.51. The molecule has 21 heavy (non-hydrogen) atoms. The topological polar surface area (TPSA) is 91.0 Å². The van der Waals surface area contributed by atoms with Gasteiger partial charge in [-0.3, -0.25) is 0 Å². The minimum atomic E-state index is -1.15. The molecule has 0 spiro atoms. The van der Waals surface area contributed by atoms with Crippen molar-refractivity contribution in [3.63, 3.8) is 0 Å². The molecule has 0 fully saturated rings. The normalized spacial score (nSPS) is 10.4. The molecular weight excluding hydrogens is 278 g/mol. The lowest BCUT2D eigenvalue weighted by molar-refractivity contribution is 0.0686. The van der Waals surface area contributed by atoms with Crippen LogP contribution >= 0.6 is 0 Å². The second-order valence-electron chi connectivity index (χ2n) is 4.17. The van der Waals surface area contributed by atoms with Gasteiger partial charge in [0.05, 0.1) is 26.4 Å². The van der Waals surface area contributed by atoms with Gasteiger partial charge in [-0.15, -0.1) is 0 Å².